The van der Waals surface area contributed by atoms with Gasteiger partial charge in [-0.05, 0) is 49.2 Å². The first-order valence-electron chi connectivity index (χ1n) is 8.48. The van der Waals surface area contributed by atoms with E-state index in [0.717, 1.165) is 30.0 Å². The second kappa shape index (κ2) is 6.63. The molecular formula is C20H18FN3O2. The van der Waals surface area contributed by atoms with Gasteiger partial charge in [-0.15, -0.1) is 5.10 Å². The van der Waals surface area contributed by atoms with Crippen molar-refractivity contribution in [2.45, 2.75) is 19.3 Å². The molecule has 4 rings (SSSR count). The Kier molecular flexibility index (Phi) is 4.16. The van der Waals surface area contributed by atoms with E-state index in [-0.39, 0.29) is 11.6 Å². The van der Waals surface area contributed by atoms with E-state index in [1.165, 1.54) is 6.07 Å². The first-order chi connectivity index (χ1) is 12.7. The number of fused-ring (bicyclic) bond motifs is 1. The summed E-state index contributed by atoms with van der Waals surface area (Å²) in [6.45, 7) is 0. The molecule has 5 nitrogen and oxygen atoms in total. The molecule has 1 aliphatic rings. The number of aromatic nitrogens is 2. The number of Topliss-reactive ketones (excluding diaryl/α,β-unsaturated/α-hetero) is 1. The molecule has 0 radical (unpaired) electrons. The lowest BCUT2D eigenvalue weighted by Gasteiger charge is -2.14. The van der Waals surface area contributed by atoms with Gasteiger partial charge < -0.3 is 10.1 Å². The van der Waals surface area contributed by atoms with E-state index in [1.54, 1.807) is 30.0 Å². The fraction of sp³-hybridized carbons (Fsp3) is 0.200. The quantitative estimate of drug-likeness (QED) is 0.762. The molecule has 1 aromatic heterocycles. The number of benzene rings is 2. The van der Waals surface area contributed by atoms with Crippen molar-refractivity contribution in [3.8, 4) is 11.4 Å². The number of ether oxygens (including phenoxy) is 1. The number of ketones is 1. The normalized spacial score (nSPS) is 13.4. The molecule has 26 heavy (non-hydrogen) atoms. The first kappa shape index (κ1) is 16.3. The topological polar surface area (TPSA) is 56.1 Å². The number of methoxy groups -OCH3 is 1. The molecule has 132 valence electrons. The summed E-state index contributed by atoms with van der Waals surface area (Å²) in [5, 5.41) is 7.57. The van der Waals surface area contributed by atoms with Gasteiger partial charge >= 0.3 is 0 Å². The fourth-order valence-electron chi connectivity index (χ4n) is 3.23. The van der Waals surface area contributed by atoms with Crippen LogP contribution in [0.4, 0.5) is 15.9 Å². The highest BCUT2D eigenvalue weighted by molar-refractivity contribution is 6.03. The van der Waals surface area contributed by atoms with Crippen LogP contribution < -0.4 is 10.1 Å². The van der Waals surface area contributed by atoms with Gasteiger partial charge in [0.25, 0.3) is 0 Å². The summed E-state index contributed by atoms with van der Waals surface area (Å²) in [6, 6.07) is 13.8. The van der Waals surface area contributed by atoms with Crippen LogP contribution in [-0.4, -0.2) is 22.7 Å². The Morgan fingerprint density at radius 1 is 1.12 bits per heavy atom. The van der Waals surface area contributed by atoms with Crippen molar-refractivity contribution in [2.24, 2.45) is 0 Å². The minimum Gasteiger partial charge on any atom is -0.497 e. The van der Waals surface area contributed by atoms with E-state index in [9.17, 15) is 9.18 Å². The third-order valence-corrected chi connectivity index (χ3v) is 4.52. The van der Waals surface area contributed by atoms with E-state index in [2.05, 4.69) is 10.4 Å². The zero-order chi connectivity index (χ0) is 18.1. The second-order valence-corrected chi connectivity index (χ2v) is 6.16. The number of anilines is 2. The molecule has 6 heteroatoms. The van der Waals surface area contributed by atoms with Crippen LogP contribution in [0.5, 0.6) is 5.75 Å². The van der Waals surface area contributed by atoms with Crippen LogP contribution in [0.25, 0.3) is 5.69 Å². The number of nitrogens with zero attached hydrogens (tertiary/aromatic N) is 2. The molecule has 2 aromatic carbocycles. The van der Waals surface area contributed by atoms with Gasteiger partial charge in [0.2, 0.25) is 0 Å². The standard InChI is InChI=1S/C20H18FN3O2/c1-26-14-11-9-13(10-12-14)24-17-7-4-8-18(25)19(17)20(23-24)22-16-6-3-2-5-15(16)21/h2-3,5-6,9-12H,4,7-8H2,1H3,(H,22,23). The monoisotopic (exact) mass is 351 g/mol. The van der Waals surface area contributed by atoms with Gasteiger partial charge in [0.1, 0.15) is 11.6 Å². The number of hydrogen-bond donors (Lipinski definition) is 1. The van der Waals surface area contributed by atoms with Crippen molar-refractivity contribution in [2.75, 3.05) is 12.4 Å². The molecule has 0 aliphatic heterocycles. The molecule has 0 amide bonds. The molecular weight excluding hydrogens is 333 g/mol. The van der Waals surface area contributed by atoms with Gasteiger partial charge in [0.15, 0.2) is 11.6 Å². The Balaban J connectivity index is 1.80. The minimum absolute atomic E-state index is 0.0323. The Hall–Kier alpha value is -3.15. The predicted molar refractivity (Wildman–Crippen MR) is 97.1 cm³/mol. The zero-order valence-electron chi connectivity index (χ0n) is 14.3. The van der Waals surface area contributed by atoms with E-state index >= 15 is 0 Å². The molecule has 0 atom stereocenters. The number of hydrogen-bond acceptors (Lipinski definition) is 4. The Morgan fingerprint density at radius 2 is 1.88 bits per heavy atom. The van der Waals surface area contributed by atoms with Crippen LogP contribution in [0.2, 0.25) is 0 Å². The molecule has 0 bridgehead atoms. The molecule has 0 saturated carbocycles. The van der Waals surface area contributed by atoms with E-state index in [4.69, 9.17) is 4.74 Å². The van der Waals surface area contributed by atoms with Gasteiger partial charge in [0.05, 0.1) is 29.7 Å². The third kappa shape index (κ3) is 2.83. The van der Waals surface area contributed by atoms with Crippen LogP contribution in [0.3, 0.4) is 0 Å². The number of halogens is 1. The average Bonchev–Trinajstić information content (AvgIpc) is 3.03. The highest BCUT2D eigenvalue weighted by atomic mass is 19.1. The largest absolute Gasteiger partial charge is 0.497 e. The lowest BCUT2D eigenvalue weighted by molar-refractivity contribution is 0.0973. The third-order valence-electron chi connectivity index (χ3n) is 4.52. The highest BCUT2D eigenvalue weighted by Gasteiger charge is 2.28. The molecule has 0 fully saturated rings. The molecule has 0 spiro atoms. The van der Waals surface area contributed by atoms with Gasteiger partial charge in [0, 0.05) is 6.42 Å². The van der Waals surface area contributed by atoms with E-state index < -0.39 is 0 Å². The Morgan fingerprint density at radius 3 is 2.62 bits per heavy atom. The van der Waals surface area contributed by atoms with Gasteiger partial charge in [-0.25, -0.2) is 9.07 Å². The van der Waals surface area contributed by atoms with Crippen molar-refractivity contribution < 1.29 is 13.9 Å². The molecule has 1 heterocycles. The summed E-state index contributed by atoms with van der Waals surface area (Å²) in [4.78, 5) is 12.5. The maximum absolute atomic E-state index is 14.0. The first-order valence-corrected chi connectivity index (χ1v) is 8.48. The van der Waals surface area contributed by atoms with E-state index in [1.807, 2.05) is 24.3 Å². The average molecular weight is 351 g/mol. The number of nitrogens with one attached hydrogen (secondary N) is 1. The molecule has 3 aromatic rings. The van der Waals surface area contributed by atoms with Crippen molar-refractivity contribution in [1.29, 1.82) is 0 Å². The number of carbonyl (C=O) groups is 1. The number of para-hydroxylation sites is 1. The highest BCUT2D eigenvalue weighted by Crippen LogP contribution is 2.32. The van der Waals surface area contributed by atoms with Crippen molar-refractivity contribution >= 4 is 17.3 Å². The van der Waals surface area contributed by atoms with Gasteiger partial charge in [-0.3, -0.25) is 4.79 Å². The summed E-state index contributed by atoms with van der Waals surface area (Å²) in [7, 11) is 1.61. The summed E-state index contributed by atoms with van der Waals surface area (Å²) in [6.07, 6.45) is 2.01. The van der Waals surface area contributed by atoms with Crippen LogP contribution in [0.15, 0.2) is 48.5 Å². The SMILES string of the molecule is COc1ccc(-n2nc(Nc3ccccc3F)c3c2CCCC3=O)cc1. The summed E-state index contributed by atoms with van der Waals surface area (Å²) in [5.74, 6) is 0.787. The zero-order valence-corrected chi connectivity index (χ0v) is 14.3. The molecule has 0 saturated heterocycles. The maximum Gasteiger partial charge on any atom is 0.168 e. The van der Waals surface area contributed by atoms with Crippen LogP contribution >= 0.6 is 0 Å². The maximum atomic E-state index is 14.0. The molecule has 1 N–H and O–H groups in total. The second-order valence-electron chi connectivity index (χ2n) is 6.16. The molecule has 0 unspecified atom stereocenters. The summed E-state index contributed by atoms with van der Waals surface area (Å²) >= 11 is 0. The number of carbonyl (C=O) groups excluding carboxylic acids is 1. The number of rotatable bonds is 4. The predicted octanol–water partition coefficient (Wildman–Crippen LogP) is 4.28. The van der Waals surface area contributed by atoms with Gasteiger partial charge in [-0.2, -0.15) is 0 Å². The summed E-state index contributed by atoms with van der Waals surface area (Å²) < 4.78 is 21.0. The summed E-state index contributed by atoms with van der Waals surface area (Å²) in [5.41, 5.74) is 2.53. The lowest BCUT2D eigenvalue weighted by Crippen LogP contribution is -2.13. The Labute approximate surface area is 150 Å². The fourth-order valence-corrected chi connectivity index (χ4v) is 3.23. The van der Waals surface area contributed by atoms with Gasteiger partial charge in [-0.1, -0.05) is 12.1 Å². The van der Waals surface area contributed by atoms with Crippen LogP contribution in [0, 0.1) is 5.82 Å². The Bertz CT molecular complexity index is 964. The van der Waals surface area contributed by atoms with Crippen molar-refractivity contribution in [3.63, 3.8) is 0 Å². The molecule has 1 aliphatic carbocycles. The van der Waals surface area contributed by atoms with Crippen LogP contribution in [-0.2, 0) is 6.42 Å². The minimum atomic E-state index is -0.386. The van der Waals surface area contributed by atoms with E-state index in [0.29, 0.717) is 23.5 Å². The van der Waals surface area contributed by atoms with Crippen molar-refractivity contribution in [1.82, 2.24) is 9.78 Å². The lowest BCUT2D eigenvalue weighted by atomic mass is 9.95. The van der Waals surface area contributed by atoms with Crippen molar-refractivity contribution in [3.05, 3.63) is 65.6 Å². The smallest absolute Gasteiger partial charge is 0.168 e. The van der Waals surface area contributed by atoms with Crippen LogP contribution in [0.1, 0.15) is 28.9 Å².